The maximum absolute atomic E-state index is 12.7. The van der Waals surface area contributed by atoms with Crippen LogP contribution in [-0.2, 0) is 0 Å². The van der Waals surface area contributed by atoms with Crippen LogP contribution in [0, 0.1) is 17.6 Å². The Balaban J connectivity index is 1.94. The van der Waals surface area contributed by atoms with Gasteiger partial charge in [0.1, 0.15) is 5.40 Å². The quantitative estimate of drug-likeness (QED) is 0.374. The standard InChI is InChI=1S/C18H12Cl2N4OS/c1-11-15(9-22-17-7-6-14(26-10-21)8-16(17)20)18(25)24(23-11)13-4-2-12(19)3-5-13/h2-9,23H,1H3. The van der Waals surface area contributed by atoms with E-state index < -0.39 is 0 Å². The van der Waals surface area contributed by atoms with Gasteiger partial charge in [0.25, 0.3) is 5.56 Å². The molecule has 0 amide bonds. The van der Waals surface area contributed by atoms with Crippen LogP contribution in [0.25, 0.3) is 5.69 Å². The Hall–Kier alpha value is -2.46. The molecule has 1 heterocycles. The molecule has 0 fully saturated rings. The lowest BCUT2D eigenvalue weighted by molar-refractivity contribution is 0.835. The highest BCUT2D eigenvalue weighted by Gasteiger charge is 2.11. The highest BCUT2D eigenvalue weighted by atomic mass is 35.5. The van der Waals surface area contributed by atoms with Crippen LogP contribution in [0.2, 0.25) is 10.0 Å². The topological polar surface area (TPSA) is 73.9 Å². The van der Waals surface area contributed by atoms with Gasteiger partial charge in [0.2, 0.25) is 0 Å². The summed E-state index contributed by atoms with van der Waals surface area (Å²) < 4.78 is 1.43. The molecule has 0 radical (unpaired) electrons. The number of H-pyrrole nitrogens is 1. The molecule has 2 aromatic carbocycles. The smallest absolute Gasteiger partial charge is 0.280 e. The number of nitrogens with one attached hydrogen (secondary N) is 1. The minimum absolute atomic E-state index is 0.221. The van der Waals surface area contributed by atoms with E-state index in [4.69, 9.17) is 28.5 Å². The summed E-state index contributed by atoms with van der Waals surface area (Å²) >= 11 is 13.1. The predicted molar refractivity (Wildman–Crippen MR) is 106 cm³/mol. The number of hydrogen-bond acceptors (Lipinski definition) is 4. The van der Waals surface area contributed by atoms with Crippen molar-refractivity contribution in [1.29, 1.82) is 5.26 Å². The van der Waals surface area contributed by atoms with Gasteiger partial charge in [0, 0.05) is 21.8 Å². The van der Waals surface area contributed by atoms with Crippen molar-refractivity contribution < 1.29 is 0 Å². The first kappa shape index (κ1) is 18.3. The number of aryl methyl sites for hydroxylation is 1. The molecule has 130 valence electrons. The van der Waals surface area contributed by atoms with E-state index in [-0.39, 0.29) is 5.56 Å². The molecule has 5 nitrogen and oxygen atoms in total. The third-order valence-electron chi connectivity index (χ3n) is 3.62. The fourth-order valence-corrected chi connectivity index (χ4v) is 3.16. The molecule has 8 heteroatoms. The number of aromatic amines is 1. The van der Waals surface area contributed by atoms with Gasteiger partial charge in [-0.1, -0.05) is 23.2 Å². The van der Waals surface area contributed by atoms with Gasteiger partial charge in [-0.15, -0.1) is 0 Å². The van der Waals surface area contributed by atoms with Crippen molar-refractivity contribution in [1.82, 2.24) is 9.78 Å². The molecule has 3 rings (SSSR count). The van der Waals surface area contributed by atoms with Crippen molar-refractivity contribution in [2.24, 2.45) is 4.99 Å². The first-order chi connectivity index (χ1) is 12.5. The van der Waals surface area contributed by atoms with Gasteiger partial charge < -0.3 is 0 Å². The summed E-state index contributed by atoms with van der Waals surface area (Å²) in [4.78, 5) is 17.7. The Kier molecular flexibility index (Phi) is 5.52. The lowest BCUT2D eigenvalue weighted by Gasteiger charge is -2.00. The maximum Gasteiger partial charge on any atom is 0.280 e. The third kappa shape index (κ3) is 3.86. The zero-order chi connectivity index (χ0) is 18.7. The first-order valence-electron chi connectivity index (χ1n) is 7.46. The molecule has 0 aliphatic rings. The normalized spacial score (nSPS) is 11.0. The lowest BCUT2D eigenvalue weighted by Crippen LogP contribution is -2.17. The molecule has 1 aromatic heterocycles. The Labute approximate surface area is 163 Å². The molecule has 0 unspecified atom stereocenters. The van der Waals surface area contributed by atoms with Crippen molar-refractivity contribution in [3.63, 3.8) is 0 Å². The molecule has 26 heavy (non-hydrogen) atoms. The van der Waals surface area contributed by atoms with Crippen LogP contribution >= 0.6 is 35.0 Å². The SMILES string of the molecule is Cc1[nH]n(-c2ccc(Cl)cc2)c(=O)c1C=Nc1ccc(SC#N)cc1Cl. The number of hydrogen-bond donors (Lipinski definition) is 1. The number of benzene rings is 2. The third-order valence-corrected chi connectivity index (χ3v) is 4.75. The molecule has 0 aliphatic carbocycles. The van der Waals surface area contributed by atoms with E-state index in [9.17, 15) is 4.79 Å². The summed E-state index contributed by atoms with van der Waals surface area (Å²) in [5, 5.41) is 14.7. The molecular weight excluding hydrogens is 391 g/mol. The van der Waals surface area contributed by atoms with Crippen molar-refractivity contribution in [2.75, 3.05) is 0 Å². The van der Waals surface area contributed by atoms with E-state index in [2.05, 4.69) is 10.1 Å². The van der Waals surface area contributed by atoms with Gasteiger partial charge in [-0.2, -0.15) is 5.26 Å². The molecule has 3 aromatic rings. The van der Waals surface area contributed by atoms with Crippen LogP contribution in [-0.4, -0.2) is 16.0 Å². The number of nitriles is 1. The predicted octanol–water partition coefficient (Wildman–Crippen LogP) is 5.10. The minimum atomic E-state index is -0.221. The van der Waals surface area contributed by atoms with E-state index in [1.807, 2.05) is 5.40 Å². The summed E-state index contributed by atoms with van der Waals surface area (Å²) in [6, 6.07) is 12.1. The summed E-state index contributed by atoms with van der Waals surface area (Å²) in [5.41, 5.74) is 2.10. The van der Waals surface area contributed by atoms with Crippen molar-refractivity contribution in [3.05, 3.63) is 74.1 Å². The van der Waals surface area contributed by atoms with Crippen molar-refractivity contribution in [2.45, 2.75) is 11.8 Å². The van der Waals surface area contributed by atoms with Crippen LogP contribution in [0.5, 0.6) is 0 Å². The number of rotatable bonds is 4. The first-order valence-corrected chi connectivity index (χ1v) is 9.04. The molecular formula is C18H12Cl2N4OS. The fourth-order valence-electron chi connectivity index (χ4n) is 2.33. The number of aliphatic imine (C=N–C) groups is 1. The Morgan fingerprint density at radius 1 is 1.23 bits per heavy atom. The second kappa shape index (κ2) is 7.83. The van der Waals surface area contributed by atoms with E-state index in [0.717, 1.165) is 16.7 Å². The van der Waals surface area contributed by atoms with E-state index >= 15 is 0 Å². The van der Waals surface area contributed by atoms with Gasteiger partial charge in [-0.05, 0) is 61.2 Å². The monoisotopic (exact) mass is 402 g/mol. The molecule has 1 N–H and O–H groups in total. The average molecular weight is 403 g/mol. The molecule has 0 saturated carbocycles. The van der Waals surface area contributed by atoms with Crippen LogP contribution in [0.4, 0.5) is 5.69 Å². The molecule has 0 spiro atoms. The van der Waals surface area contributed by atoms with Crippen molar-refractivity contribution >= 4 is 46.9 Å². The molecule has 0 saturated heterocycles. The van der Waals surface area contributed by atoms with E-state index in [1.54, 1.807) is 49.4 Å². The summed E-state index contributed by atoms with van der Waals surface area (Å²) in [7, 11) is 0. The van der Waals surface area contributed by atoms with Crippen LogP contribution in [0.15, 0.2) is 57.1 Å². The van der Waals surface area contributed by atoms with Crippen LogP contribution in [0.1, 0.15) is 11.3 Å². The molecule has 0 atom stereocenters. The average Bonchev–Trinajstić information content (AvgIpc) is 2.90. The molecule has 0 aliphatic heterocycles. The second-order valence-corrected chi connectivity index (χ2v) is 7.03. The lowest BCUT2D eigenvalue weighted by atomic mass is 10.2. The van der Waals surface area contributed by atoms with Gasteiger partial charge in [0.05, 0.1) is 22.0 Å². The maximum atomic E-state index is 12.7. The zero-order valence-corrected chi connectivity index (χ0v) is 15.9. The number of thioether (sulfide) groups is 1. The number of aromatic nitrogens is 2. The Morgan fingerprint density at radius 3 is 2.62 bits per heavy atom. The van der Waals surface area contributed by atoms with Gasteiger partial charge >= 0.3 is 0 Å². The summed E-state index contributed by atoms with van der Waals surface area (Å²) in [6.45, 7) is 1.80. The van der Waals surface area contributed by atoms with Gasteiger partial charge in [-0.3, -0.25) is 14.9 Å². The highest BCUT2D eigenvalue weighted by Crippen LogP contribution is 2.29. The number of halogens is 2. The number of thiocyanates is 1. The molecule has 0 bridgehead atoms. The second-order valence-electron chi connectivity index (χ2n) is 5.33. The van der Waals surface area contributed by atoms with E-state index in [1.165, 1.54) is 10.9 Å². The fraction of sp³-hybridized carbons (Fsp3) is 0.0556. The van der Waals surface area contributed by atoms with Crippen LogP contribution < -0.4 is 5.56 Å². The zero-order valence-electron chi connectivity index (χ0n) is 13.5. The van der Waals surface area contributed by atoms with Gasteiger partial charge in [-0.25, -0.2) is 4.68 Å². The highest BCUT2D eigenvalue weighted by molar-refractivity contribution is 8.03. The Bertz CT molecular complexity index is 1080. The largest absolute Gasteiger partial charge is 0.295 e. The minimum Gasteiger partial charge on any atom is -0.295 e. The van der Waals surface area contributed by atoms with Gasteiger partial charge in [0.15, 0.2) is 0 Å². The number of nitrogens with zero attached hydrogens (tertiary/aromatic N) is 3. The summed E-state index contributed by atoms with van der Waals surface area (Å²) in [6.07, 6.45) is 1.49. The van der Waals surface area contributed by atoms with E-state index in [0.29, 0.717) is 32.7 Å². The summed E-state index contributed by atoms with van der Waals surface area (Å²) in [5.74, 6) is 0. The Morgan fingerprint density at radius 2 is 1.96 bits per heavy atom. The van der Waals surface area contributed by atoms with Crippen molar-refractivity contribution in [3.8, 4) is 11.1 Å². The van der Waals surface area contributed by atoms with Crippen LogP contribution in [0.3, 0.4) is 0 Å².